The first-order valence-electron chi connectivity index (χ1n) is 6.04. The zero-order valence-electron chi connectivity index (χ0n) is 10.7. The fourth-order valence-electron chi connectivity index (χ4n) is 1.93. The molecule has 21 heavy (non-hydrogen) atoms. The van der Waals surface area contributed by atoms with Crippen molar-refractivity contribution in [2.45, 2.75) is 6.54 Å². The summed E-state index contributed by atoms with van der Waals surface area (Å²) < 4.78 is 1.26. The second-order valence-electron chi connectivity index (χ2n) is 4.27. The van der Waals surface area contributed by atoms with Crippen molar-refractivity contribution in [1.29, 1.82) is 0 Å². The van der Waals surface area contributed by atoms with Crippen LogP contribution in [-0.4, -0.2) is 24.5 Å². The molecule has 0 unspecified atom stereocenters. The number of hydrogen-bond donors (Lipinski definition) is 2. The van der Waals surface area contributed by atoms with E-state index in [9.17, 15) is 14.9 Å². The number of nitro groups is 1. The molecule has 106 valence electrons. The Labute approximate surface area is 117 Å². The third-order valence-electron chi connectivity index (χ3n) is 2.96. The molecule has 0 radical (unpaired) electrons. The van der Waals surface area contributed by atoms with Crippen molar-refractivity contribution in [1.82, 2.24) is 19.6 Å². The van der Waals surface area contributed by atoms with E-state index < -0.39 is 4.92 Å². The highest BCUT2D eigenvalue weighted by molar-refractivity contribution is 5.49. The summed E-state index contributed by atoms with van der Waals surface area (Å²) in [5, 5.41) is 20.0. The summed E-state index contributed by atoms with van der Waals surface area (Å²) in [6.07, 6.45) is 1.34. The lowest BCUT2D eigenvalue weighted by Gasteiger charge is -2.06. The van der Waals surface area contributed by atoms with Crippen molar-refractivity contribution in [3.63, 3.8) is 0 Å². The highest BCUT2D eigenvalue weighted by atomic mass is 16.6. The van der Waals surface area contributed by atoms with E-state index in [1.54, 1.807) is 24.3 Å². The highest BCUT2D eigenvalue weighted by Crippen LogP contribution is 2.18. The minimum Gasteiger partial charge on any atom is -0.366 e. The molecular weight excluding hydrogens is 276 g/mol. The molecule has 0 aliphatic heterocycles. The number of anilines is 1. The van der Waals surface area contributed by atoms with Gasteiger partial charge >= 0.3 is 5.69 Å². The molecule has 0 spiro atoms. The van der Waals surface area contributed by atoms with Crippen LogP contribution in [0.5, 0.6) is 0 Å². The van der Waals surface area contributed by atoms with Gasteiger partial charge in [0.15, 0.2) is 5.65 Å². The minimum absolute atomic E-state index is 0.0436. The first-order chi connectivity index (χ1) is 10.1. The molecule has 9 heteroatoms. The SMILES string of the molecule is O=c1[nH]nc2cc(NCc3ccccc3[N+](=O)[O-])ncn12. The van der Waals surface area contributed by atoms with Gasteiger partial charge in [-0.25, -0.2) is 19.3 Å². The third kappa shape index (κ3) is 2.43. The molecule has 0 bridgehead atoms. The van der Waals surface area contributed by atoms with Gasteiger partial charge in [-0.3, -0.25) is 10.1 Å². The Morgan fingerprint density at radius 3 is 3.00 bits per heavy atom. The Kier molecular flexibility index (Phi) is 3.07. The number of para-hydroxylation sites is 1. The van der Waals surface area contributed by atoms with Crippen molar-refractivity contribution >= 4 is 17.2 Å². The van der Waals surface area contributed by atoms with Crippen LogP contribution in [-0.2, 0) is 6.54 Å². The topological polar surface area (TPSA) is 118 Å². The maximum Gasteiger partial charge on any atom is 0.348 e. The quantitative estimate of drug-likeness (QED) is 0.544. The van der Waals surface area contributed by atoms with E-state index >= 15 is 0 Å². The summed E-state index contributed by atoms with van der Waals surface area (Å²) in [5.74, 6) is 0.472. The number of nitro benzene ring substituents is 1. The second kappa shape index (κ2) is 5.04. The first-order valence-corrected chi connectivity index (χ1v) is 6.04. The Morgan fingerprint density at radius 1 is 1.38 bits per heavy atom. The molecule has 2 aromatic heterocycles. The number of benzene rings is 1. The number of nitrogens with zero attached hydrogens (tertiary/aromatic N) is 4. The van der Waals surface area contributed by atoms with E-state index in [-0.39, 0.29) is 17.9 Å². The Balaban J connectivity index is 1.83. The van der Waals surface area contributed by atoms with Crippen molar-refractivity contribution in [2.75, 3.05) is 5.32 Å². The van der Waals surface area contributed by atoms with Crippen LogP contribution < -0.4 is 11.0 Å². The molecular formula is C12H10N6O3. The average Bonchev–Trinajstić information content (AvgIpc) is 2.86. The molecule has 0 saturated carbocycles. The molecule has 0 aliphatic carbocycles. The summed E-state index contributed by atoms with van der Waals surface area (Å²) in [6, 6.07) is 8.03. The van der Waals surface area contributed by atoms with Crippen LogP contribution in [0.25, 0.3) is 5.65 Å². The summed E-state index contributed by atoms with van der Waals surface area (Å²) in [7, 11) is 0. The Morgan fingerprint density at radius 2 is 2.19 bits per heavy atom. The van der Waals surface area contributed by atoms with Crippen LogP contribution in [0.4, 0.5) is 11.5 Å². The summed E-state index contributed by atoms with van der Waals surface area (Å²) in [6.45, 7) is 0.245. The molecule has 2 N–H and O–H groups in total. The fourth-order valence-corrected chi connectivity index (χ4v) is 1.93. The lowest BCUT2D eigenvalue weighted by Crippen LogP contribution is -2.10. The van der Waals surface area contributed by atoms with Gasteiger partial charge in [0.2, 0.25) is 0 Å². The zero-order chi connectivity index (χ0) is 14.8. The number of H-pyrrole nitrogens is 1. The summed E-state index contributed by atoms with van der Waals surface area (Å²) >= 11 is 0. The second-order valence-corrected chi connectivity index (χ2v) is 4.27. The van der Waals surface area contributed by atoms with E-state index in [0.29, 0.717) is 17.0 Å². The number of aromatic amines is 1. The normalized spacial score (nSPS) is 10.7. The van der Waals surface area contributed by atoms with E-state index in [1.165, 1.54) is 16.8 Å². The maximum atomic E-state index is 11.3. The predicted octanol–water partition coefficient (Wildman–Crippen LogP) is 0.938. The number of fused-ring (bicyclic) bond motifs is 1. The molecule has 0 atom stereocenters. The fraction of sp³-hybridized carbons (Fsp3) is 0.0833. The first kappa shape index (κ1) is 12.8. The molecule has 3 aromatic rings. The molecule has 3 rings (SSSR count). The molecule has 0 amide bonds. The van der Waals surface area contributed by atoms with Gasteiger partial charge in [-0.05, 0) is 0 Å². The van der Waals surface area contributed by atoms with Gasteiger partial charge in [0.1, 0.15) is 12.1 Å². The lowest BCUT2D eigenvalue weighted by molar-refractivity contribution is -0.385. The average molecular weight is 286 g/mol. The van der Waals surface area contributed by atoms with Crippen molar-refractivity contribution in [3.05, 3.63) is 62.8 Å². The van der Waals surface area contributed by atoms with Gasteiger partial charge in [0.25, 0.3) is 5.69 Å². The van der Waals surface area contributed by atoms with Gasteiger partial charge in [-0.15, -0.1) is 0 Å². The van der Waals surface area contributed by atoms with E-state index in [0.717, 1.165) is 0 Å². The van der Waals surface area contributed by atoms with Crippen LogP contribution in [0.2, 0.25) is 0 Å². The van der Waals surface area contributed by atoms with Gasteiger partial charge in [-0.1, -0.05) is 18.2 Å². The standard InChI is InChI=1S/C12H10N6O3/c19-12-16-15-11-5-10(14-7-17(11)12)13-6-8-3-1-2-4-9(8)18(20)21/h1-5,7,13H,6H2,(H,16,19). The predicted molar refractivity (Wildman–Crippen MR) is 74.0 cm³/mol. The van der Waals surface area contributed by atoms with Crippen molar-refractivity contribution < 1.29 is 4.92 Å². The Bertz CT molecular complexity index is 869. The van der Waals surface area contributed by atoms with Gasteiger partial charge in [0.05, 0.1) is 4.92 Å². The summed E-state index contributed by atoms with van der Waals surface area (Å²) in [4.78, 5) is 25.8. The molecule has 9 nitrogen and oxygen atoms in total. The monoisotopic (exact) mass is 286 g/mol. The molecule has 0 aliphatic rings. The van der Waals surface area contributed by atoms with Crippen LogP contribution in [0.1, 0.15) is 5.56 Å². The lowest BCUT2D eigenvalue weighted by atomic mass is 10.2. The van der Waals surface area contributed by atoms with E-state index in [4.69, 9.17) is 0 Å². The van der Waals surface area contributed by atoms with Crippen molar-refractivity contribution in [3.8, 4) is 0 Å². The zero-order valence-corrected chi connectivity index (χ0v) is 10.7. The van der Waals surface area contributed by atoms with Crippen LogP contribution >= 0.6 is 0 Å². The van der Waals surface area contributed by atoms with Crippen LogP contribution in [0, 0.1) is 10.1 Å². The molecule has 0 fully saturated rings. The van der Waals surface area contributed by atoms with Gasteiger partial charge in [0, 0.05) is 24.2 Å². The number of aromatic nitrogens is 4. The molecule has 1 aromatic carbocycles. The third-order valence-corrected chi connectivity index (χ3v) is 2.96. The number of rotatable bonds is 4. The summed E-state index contributed by atoms with van der Waals surface area (Å²) in [5.41, 5.74) is 0.633. The van der Waals surface area contributed by atoms with E-state index in [1.807, 2.05) is 0 Å². The maximum absolute atomic E-state index is 11.3. The van der Waals surface area contributed by atoms with Crippen LogP contribution in [0.15, 0.2) is 41.5 Å². The molecule has 2 heterocycles. The smallest absolute Gasteiger partial charge is 0.348 e. The van der Waals surface area contributed by atoms with Crippen molar-refractivity contribution in [2.24, 2.45) is 0 Å². The van der Waals surface area contributed by atoms with Gasteiger partial charge in [-0.2, -0.15) is 5.10 Å². The minimum atomic E-state index is -0.430. The Hall–Kier alpha value is -3.23. The highest BCUT2D eigenvalue weighted by Gasteiger charge is 2.12. The number of nitrogens with one attached hydrogen (secondary N) is 2. The molecule has 0 saturated heterocycles. The number of hydrogen-bond acceptors (Lipinski definition) is 6. The van der Waals surface area contributed by atoms with Gasteiger partial charge < -0.3 is 5.32 Å². The largest absolute Gasteiger partial charge is 0.366 e. The van der Waals surface area contributed by atoms with E-state index in [2.05, 4.69) is 20.5 Å². The van der Waals surface area contributed by atoms with Crippen LogP contribution in [0.3, 0.4) is 0 Å².